The number of halogens is 1. The molecular formula is C27H22BrN2PS. The van der Waals surface area contributed by atoms with Crippen molar-refractivity contribution in [2.24, 2.45) is 0 Å². The van der Waals surface area contributed by atoms with Gasteiger partial charge in [-0.2, -0.15) is 0 Å². The first-order chi connectivity index (χ1) is 15.7. The summed E-state index contributed by atoms with van der Waals surface area (Å²) in [6.45, 7) is 0. The summed E-state index contributed by atoms with van der Waals surface area (Å²) in [5, 5.41) is 5.42. The zero-order chi connectivity index (χ0) is 21.9. The molecule has 0 saturated carbocycles. The van der Waals surface area contributed by atoms with Crippen LogP contribution in [0.2, 0.25) is 0 Å². The SMILES string of the molecule is BrP(Cc1nnsc1-c1ccccc1)(c1ccccc1)(c1ccccc1)c1ccccc1. The molecule has 5 heteroatoms. The van der Waals surface area contributed by atoms with E-state index in [4.69, 9.17) is 0 Å². The van der Waals surface area contributed by atoms with Gasteiger partial charge in [-0.25, -0.2) is 0 Å². The van der Waals surface area contributed by atoms with E-state index < -0.39 is 5.31 Å². The standard InChI is InChI=1S/C27H22BrN2PS/c28-31(23-15-7-2-8-16-23,24-17-9-3-10-18-24,25-19-11-4-12-20-25)21-26-27(32-30-29-26)22-13-5-1-6-14-22/h1-20H,21H2. The fourth-order valence-electron chi connectivity index (χ4n) is 4.34. The van der Waals surface area contributed by atoms with E-state index in [-0.39, 0.29) is 0 Å². The Morgan fingerprint density at radius 3 is 1.44 bits per heavy atom. The molecule has 0 bridgehead atoms. The van der Waals surface area contributed by atoms with Crippen molar-refractivity contribution in [3.8, 4) is 10.4 Å². The van der Waals surface area contributed by atoms with Gasteiger partial charge in [-0.05, 0) is 0 Å². The summed E-state index contributed by atoms with van der Waals surface area (Å²) in [6, 6.07) is 42.9. The van der Waals surface area contributed by atoms with Crippen LogP contribution in [-0.2, 0) is 6.16 Å². The van der Waals surface area contributed by atoms with Crippen molar-refractivity contribution in [2.45, 2.75) is 6.16 Å². The van der Waals surface area contributed by atoms with Gasteiger partial charge in [0.25, 0.3) is 0 Å². The fraction of sp³-hybridized carbons (Fsp3) is 0.0370. The van der Waals surface area contributed by atoms with Crippen molar-refractivity contribution in [1.29, 1.82) is 0 Å². The van der Waals surface area contributed by atoms with Crippen LogP contribution in [0.1, 0.15) is 5.69 Å². The van der Waals surface area contributed by atoms with Gasteiger partial charge in [0, 0.05) is 0 Å². The summed E-state index contributed by atoms with van der Waals surface area (Å²) in [5.41, 5.74) is 2.18. The van der Waals surface area contributed by atoms with E-state index in [9.17, 15) is 0 Å². The summed E-state index contributed by atoms with van der Waals surface area (Å²) in [5.74, 6) is 0. The Balaban J connectivity index is 1.82. The monoisotopic (exact) mass is 516 g/mol. The number of rotatable bonds is 6. The molecule has 5 aromatic rings. The molecule has 1 aromatic heterocycles. The molecule has 1 heterocycles. The van der Waals surface area contributed by atoms with Gasteiger partial charge >= 0.3 is 201 Å². The summed E-state index contributed by atoms with van der Waals surface area (Å²) >= 11 is 5.98. The molecule has 2 nitrogen and oxygen atoms in total. The molecule has 0 N–H and O–H groups in total. The third kappa shape index (κ3) is 3.53. The number of benzene rings is 4. The third-order valence-electron chi connectivity index (χ3n) is 5.92. The van der Waals surface area contributed by atoms with E-state index in [1.54, 1.807) is 0 Å². The Hall–Kier alpha value is -2.65. The predicted octanol–water partition coefficient (Wildman–Crippen LogP) is 6.54. The van der Waals surface area contributed by atoms with Crippen molar-refractivity contribution >= 4 is 48.2 Å². The van der Waals surface area contributed by atoms with Crippen molar-refractivity contribution in [2.75, 3.05) is 0 Å². The van der Waals surface area contributed by atoms with Crippen molar-refractivity contribution in [3.63, 3.8) is 0 Å². The van der Waals surface area contributed by atoms with Crippen LogP contribution in [0.3, 0.4) is 0 Å². The van der Waals surface area contributed by atoms with E-state index in [2.05, 4.69) is 140 Å². The van der Waals surface area contributed by atoms with Crippen molar-refractivity contribution in [3.05, 3.63) is 127 Å². The summed E-state index contributed by atoms with van der Waals surface area (Å²) in [7, 11) is 0. The molecule has 4 aromatic carbocycles. The molecule has 0 fully saturated rings. The Labute approximate surface area is 200 Å². The van der Waals surface area contributed by atoms with Gasteiger partial charge in [-0.1, -0.05) is 0 Å². The van der Waals surface area contributed by atoms with Gasteiger partial charge in [0.1, 0.15) is 0 Å². The normalized spacial score (nSPS) is 12.7. The van der Waals surface area contributed by atoms with Gasteiger partial charge in [-0.15, -0.1) is 0 Å². The quantitative estimate of drug-likeness (QED) is 0.239. The molecule has 158 valence electrons. The zero-order valence-corrected chi connectivity index (χ0v) is 20.7. The van der Waals surface area contributed by atoms with E-state index in [1.807, 2.05) is 6.07 Å². The van der Waals surface area contributed by atoms with Gasteiger partial charge < -0.3 is 0 Å². The van der Waals surface area contributed by atoms with E-state index in [1.165, 1.54) is 27.4 Å². The molecule has 0 atom stereocenters. The molecule has 0 amide bonds. The molecular weight excluding hydrogens is 495 g/mol. The maximum atomic E-state index is 4.67. The molecule has 5 rings (SSSR count). The predicted molar refractivity (Wildman–Crippen MR) is 143 cm³/mol. The number of hydrogen-bond acceptors (Lipinski definition) is 3. The number of hydrogen-bond donors (Lipinski definition) is 0. The Bertz CT molecular complexity index is 1210. The Kier molecular flexibility index (Phi) is 5.77. The second-order valence-electron chi connectivity index (χ2n) is 7.76. The van der Waals surface area contributed by atoms with Crippen LogP contribution in [-0.4, -0.2) is 9.59 Å². The zero-order valence-electron chi connectivity index (χ0n) is 17.4. The first kappa shape index (κ1) is 21.2. The molecule has 0 aliphatic heterocycles. The average Bonchev–Trinajstić information content (AvgIpc) is 3.34. The molecule has 0 aliphatic carbocycles. The van der Waals surface area contributed by atoms with Crippen LogP contribution in [0.4, 0.5) is 0 Å². The molecule has 32 heavy (non-hydrogen) atoms. The first-order valence-corrected chi connectivity index (χ1v) is 15.7. The molecule has 0 aliphatic rings. The fourth-order valence-corrected chi connectivity index (χ4v) is 12.6. The van der Waals surface area contributed by atoms with E-state index in [0.717, 1.165) is 22.3 Å². The Morgan fingerprint density at radius 1 is 0.594 bits per heavy atom. The minimum absolute atomic E-state index is 0.740. The van der Waals surface area contributed by atoms with Gasteiger partial charge in [0.15, 0.2) is 0 Å². The summed E-state index contributed by atoms with van der Waals surface area (Å²) < 4.78 is 4.39. The van der Waals surface area contributed by atoms with Crippen LogP contribution in [0, 0.1) is 0 Å². The molecule has 0 radical (unpaired) electrons. The van der Waals surface area contributed by atoms with Crippen LogP contribution >= 0.6 is 32.3 Å². The van der Waals surface area contributed by atoms with Gasteiger partial charge in [-0.3, -0.25) is 0 Å². The van der Waals surface area contributed by atoms with Crippen LogP contribution in [0.5, 0.6) is 0 Å². The number of aromatic nitrogens is 2. The molecule has 0 saturated heterocycles. The second-order valence-corrected chi connectivity index (χ2v) is 17.4. The van der Waals surface area contributed by atoms with Crippen LogP contribution < -0.4 is 15.9 Å². The van der Waals surface area contributed by atoms with Crippen LogP contribution in [0.25, 0.3) is 10.4 Å². The average molecular weight is 517 g/mol. The van der Waals surface area contributed by atoms with Gasteiger partial charge in [0.05, 0.1) is 0 Å². The van der Waals surface area contributed by atoms with E-state index >= 15 is 0 Å². The first-order valence-electron chi connectivity index (χ1n) is 10.5. The van der Waals surface area contributed by atoms with Crippen LogP contribution in [0.15, 0.2) is 121 Å². The van der Waals surface area contributed by atoms with Crippen molar-refractivity contribution in [1.82, 2.24) is 9.59 Å². The van der Waals surface area contributed by atoms with E-state index in [0.29, 0.717) is 0 Å². The maximum absolute atomic E-state index is 4.67. The minimum atomic E-state index is -3.10. The summed E-state index contributed by atoms with van der Waals surface area (Å²) in [4.78, 5) is 1.13. The molecule has 0 unspecified atom stereocenters. The van der Waals surface area contributed by atoms with Crippen molar-refractivity contribution < 1.29 is 0 Å². The molecule has 0 spiro atoms. The third-order valence-corrected chi connectivity index (χ3v) is 16.2. The second kappa shape index (κ2) is 8.71. The Morgan fingerprint density at radius 2 is 1.00 bits per heavy atom. The van der Waals surface area contributed by atoms with Gasteiger partial charge in [0.2, 0.25) is 0 Å². The summed E-state index contributed by atoms with van der Waals surface area (Å²) in [6.07, 6.45) is 0.740. The topological polar surface area (TPSA) is 25.8 Å². The number of nitrogens with zero attached hydrogens (tertiary/aromatic N) is 2.